The Morgan fingerprint density at radius 3 is 2.03 bits per heavy atom. The lowest BCUT2D eigenvalue weighted by Crippen LogP contribution is -2.47. The highest BCUT2D eigenvalue weighted by Crippen LogP contribution is 2.24. The Morgan fingerprint density at radius 2 is 1.50 bits per heavy atom. The van der Waals surface area contributed by atoms with Crippen LogP contribution in [0.15, 0.2) is 42.5 Å². The molecule has 1 atom stereocenters. The van der Waals surface area contributed by atoms with Gasteiger partial charge in [0.1, 0.15) is 17.5 Å². The van der Waals surface area contributed by atoms with E-state index in [1.54, 1.807) is 18.2 Å². The molecule has 2 N–H and O–H groups in total. The van der Waals surface area contributed by atoms with Crippen molar-refractivity contribution in [3.63, 3.8) is 0 Å². The summed E-state index contributed by atoms with van der Waals surface area (Å²) in [6.07, 6.45) is 3.72. The molecule has 2 aromatic rings. The van der Waals surface area contributed by atoms with E-state index in [0.717, 1.165) is 13.1 Å². The second kappa shape index (κ2) is 10.9. The highest BCUT2D eigenvalue weighted by Gasteiger charge is 2.25. The van der Waals surface area contributed by atoms with E-state index in [-0.39, 0.29) is 17.7 Å². The van der Waals surface area contributed by atoms with Crippen LogP contribution in [0.5, 0.6) is 11.5 Å². The van der Waals surface area contributed by atoms with Crippen LogP contribution in [0.25, 0.3) is 0 Å². The average molecular weight is 440 g/mol. The van der Waals surface area contributed by atoms with Crippen molar-refractivity contribution < 1.29 is 19.1 Å². The van der Waals surface area contributed by atoms with Crippen molar-refractivity contribution in [3.05, 3.63) is 48.0 Å². The van der Waals surface area contributed by atoms with E-state index < -0.39 is 6.04 Å². The minimum absolute atomic E-state index is 0.0981. The fourth-order valence-corrected chi connectivity index (χ4v) is 3.83. The topological polar surface area (TPSA) is 79.9 Å². The monoisotopic (exact) mass is 439 g/mol. The zero-order chi connectivity index (χ0) is 23.1. The zero-order valence-corrected chi connectivity index (χ0v) is 19.3. The molecule has 0 radical (unpaired) electrons. The Balaban J connectivity index is 1.67. The number of rotatable bonds is 8. The molecule has 0 saturated carbocycles. The van der Waals surface area contributed by atoms with Gasteiger partial charge in [-0.2, -0.15) is 0 Å². The predicted octanol–water partition coefficient (Wildman–Crippen LogP) is 4.09. The van der Waals surface area contributed by atoms with E-state index >= 15 is 0 Å². The number of carbonyl (C=O) groups excluding carboxylic acids is 2. The molecule has 1 fully saturated rings. The van der Waals surface area contributed by atoms with Crippen LogP contribution in [0, 0.1) is 5.92 Å². The summed E-state index contributed by atoms with van der Waals surface area (Å²) in [7, 11) is 3.05. The first-order chi connectivity index (χ1) is 15.4. The molecule has 2 amide bonds. The lowest BCUT2D eigenvalue weighted by atomic mass is 10.0. The number of nitrogens with one attached hydrogen (secondary N) is 2. The largest absolute Gasteiger partial charge is 0.497 e. The van der Waals surface area contributed by atoms with Crippen molar-refractivity contribution in [3.8, 4) is 11.5 Å². The number of piperidine rings is 1. The predicted molar refractivity (Wildman–Crippen MR) is 127 cm³/mol. The maximum absolute atomic E-state index is 13.0. The summed E-state index contributed by atoms with van der Waals surface area (Å²) in [5.41, 5.74) is 2.24. The van der Waals surface area contributed by atoms with E-state index in [4.69, 9.17) is 9.47 Å². The molecule has 2 aromatic carbocycles. The van der Waals surface area contributed by atoms with Gasteiger partial charge >= 0.3 is 0 Å². The van der Waals surface area contributed by atoms with Gasteiger partial charge in [0, 0.05) is 36.1 Å². The summed E-state index contributed by atoms with van der Waals surface area (Å²) in [4.78, 5) is 28.2. The van der Waals surface area contributed by atoms with Gasteiger partial charge in [0.2, 0.25) is 5.91 Å². The minimum Gasteiger partial charge on any atom is -0.497 e. The van der Waals surface area contributed by atoms with Crippen LogP contribution in [0.4, 0.5) is 11.4 Å². The smallest absolute Gasteiger partial charge is 0.252 e. The van der Waals surface area contributed by atoms with Crippen molar-refractivity contribution in [2.75, 3.05) is 37.5 Å². The van der Waals surface area contributed by atoms with Crippen LogP contribution in [-0.4, -0.2) is 45.2 Å². The Bertz CT molecular complexity index is 899. The third kappa shape index (κ3) is 5.93. The van der Waals surface area contributed by atoms with E-state index in [1.807, 2.05) is 38.1 Å². The molecule has 1 unspecified atom stereocenters. The lowest BCUT2D eigenvalue weighted by molar-refractivity contribution is -0.118. The quantitative estimate of drug-likeness (QED) is 0.648. The van der Waals surface area contributed by atoms with E-state index in [0.29, 0.717) is 22.7 Å². The van der Waals surface area contributed by atoms with Gasteiger partial charge in [-0.15, -0.1) is 0 Å². The second-order valence-electron chi connectivity index (χ2n) is 8.38. The number of amides is 2. The Morgan fingerprint density at radius 1 is 0.906 bits per heavy atom. The summed E-state index contributed by atoms with van der Waals surface area (Å²) in [5.74, 6) is 0.298. The highest BCUT2D eigenvalue weighted by molar-refractivity contribution is 6.01. The zero-order valence-electron chi connectivity index (χ0n) is 19.3. The maximum Gasteiger partial charge on any atom is 0.252 e. The Labute approximate surface area is 190 Å². The van der Waals surface area contributed by atoms with Crippen molar-refractivity contribution in [1.82, 2.24) is 5.32 Å². The molecule has 32 heavy (non-hydrogen) atoms. The van der Waals surface area contributed by atoms with Gasteiger partial charge in [0.25, 0.3) is 5.91 Å². The standard InChI is InChI=1S/C25H33N3O4/c1-17(2)23(27-24(29)18-14-21(31-3)16-22(15-18)32-4)25(30)26-19-8-10-20(11-9-19)28-12-6-5-7-13-28/h8-11,14-17,23H,5-7,12-13H2,1-4H3,(H,26,30)(H,27,29). The van der Waals surface area contributed by atoms with E-state index in [9.17, 15) is 9.59 Å². The number of hydrogen-bond acceptors (Lipinski definition) is 5. The number of ether oxygens (including phenoxy) is 2. The Hall–Kier alpha value is -3.22. The third-order valence-corrected chi connectivity index (χ3v) is 5.71. The van der Waals surface area contributed by atoms with E-state index in [1.165, 1.54) is 39.2 Å². The van der Waals surface area contributed by atoms with Crippen LogP contribution < -0.4 is 25.0 Å². The number of nitrogens with zero attached hydrogens (tertiary/aromatic N) is 1. The van der Waals surface area contributed by atoms with E-state index in [2.05, 4.69) is 15.5 Å². The summed E-state index contributed by atoms with van der Waals surface area (Å²) in [5, 5.41) is 5.78. The number of benzene rings is 2. The number of methoxy groups -OCH3 is 2. The summed E-state index contributed by atoms with van der Waals surface area (Å²) in [6.45, 7) is 5.94. The van der Waals surface area contributed by atoms with Crippen molar-refractivity contribution >= 4 is 23.2 Å². The highest BCUT2D eigenvalue weighted by atomic mass is 16.5. The lowest BCUT2D eigenvalue weighted by Gasteiger charge is -2.29. The summed E-state index contributed by atoms with van der Waals surface area (Å²) < 4.78 is 10.5. The maximum atomic E-state index is 13.0. The number of anilines is 2. The SMILES string of the molecule is COc1cc(OC)cc(C(=O)NC(C(=O)Nc2ccc(N3CCCCC3)cc2)C(C)C)c1. The van der Waals surface area contributed by atoms with Crippen molar-refractivity contribution in [2.24, 2.45) is 5.92 Å². The molecule has 172 valence electrons. The van der Waals surface area contributed by atoms with Gasteiger partial charge in [0.05, 0.1) is 14.2 Å². The van der Waals surface area contributed by atoms with Gasteiger partial charge in [-0.25, -0.2) is 0 Å². The van der Waals surface area contributed by atoms with Gasteiger partial charge in [0.15, 0.2) is 0 Å². The molecule has 1 saturated heterocycles. The van der Waals surface area contributed by atoms with Crippen LogP contribution >= 0.6 is 0 Å². The first-order valence-electron chi connectivity index (χ1n) is 11.1. The van der Waals surface area contributed by atoms with Gasteiger partial charge in [-0.1, -0.05) is 13.8 Å². The summed E-state index contributed by atoms with van der Waals surface area (Å²) in [6, 6.07) is 12.1. The van der Waals surface area contributed by atoms with Crippen LogP contribution in [0.2, 0.25) is 0 Å². The van der Waals surface area contributed by atoms with Gasteiger partial charge in [-0.05, 0) is 61.6 Å². The molecular weight excluding hydrogens is 406 g/mol. The number of hydrogen-bond donors (Lipinski definition) is 2. The van der Waals surface area contributed by atoms with Gasteiger partial charge in [-0.3, -0.25) is 9.59 Å². The molecule has 1 aliphatic heterocycles. The normalized spacial score (nSPS) is 14.6. The molecule has 3 rings (SSSR count). The molecule has 1 heterocycles. The molecule has 0 aliphatic carbocycles. The van der Waals surface area contributed by atoms with Crippen molar-refractivity contribution in [2.45, 2.75) is 39.2 Å². The summed E-state index contributed by atoms with van der Waals surface area (Å²) >= 11 is 0. The van der Waals surface area contributed by atoms with Crippen LogP contribution in [0.1, 0.15) is 43.5 Å². The van der Waals surface area contributed by atoms with Crippen LogP contribution in [0.3, 0.4) is 0 Å². The second-order valence-corrected chi connectivity index (χ2v) is 8.38. The third-order valence-electron chi connectivity index (χ3n) is 5.71. The Kier molecular flexibility index (Phi) is 7.98. The molecule has 1 aliphatic rings. The molecular formula is C25H33N3O4. The minimum atomic E-state index is -0.693. The van der Waals surface area contributed by atoms with Gasteiger partial charge < -0.3 is 25.0 Å². The number of carbonyl (C=O) groups is 2. The molecule has 0 aromatic heterocycles. The molecule has 0 spiro atoms. The fraction of sp³-hybridized carbons (Fsp3) is 0.440. The fourth-order valence-electron chi connectivity index (χ4n) is 3.83. The average Bonchev–Trinajstić information content (AvgIpc) is 2.82. The first-order valence-corrected chi connectivity index (χ1v) is 11.1. The molecule has 7 heteroatoms. The molecule has 7 nitrogen and oxygen atoms in total. The first kappa shape index (κ1) is 23.4. The molecule has 0 bridgehead atoms. The van der Waals surface area contributed by atoms with Crippen LogP contribution in [-0.2, 0) is 4.79 Å². The van der Waals surface area contributed by atoms with Crippen molar-refractivity contribution in [1.29, 1.82) is 0 Å².